The highest BCUT2D eigenvalue weighted by Crippen LogP contribution is 2.33. The van der Waals surface area contributed by atoms with Crippen LogP contribution in [0.5, 0.6) is 0 Å². The number of piperidine rings is 1. The lowest BCUT2D eigenvalue weighted by molar-refractivity contribution is 0.257. The average Bonchev–Trinajstić information content (AvgIpc) is 2.47. The molecule has 2 atom stereocenters. The highest BCUT2D eigenvalue weighted by atomic mass is 35.5. The van der Waals surface area contributed by atoms with Crippen LogP contribution >= 0.6 is 12.4 Å². The number of nitrogens with zero attached hydrogens (tertiary/aromatic N) is 3. The maximum Gasteiger partial charge on any atom is 0.251 e. The molecule has 23 heavy (non-hydrogen) atoms. The summed E-state index contributed by atoms with van der Waals surface area (Å²) in [6.07, 6.45) is 1.15. The molecule has 2 aliphatic rings. The molecule has 122 valence electrons. The molecule has 2 aromatic rings. The van der Waals surface area contributed by atoms with E-state index in [1.807, 2.05) is 17.6 Å². The molecule has 0 saturated carbocycles. The summed E-state index contributed by atoms with van der Waals surface area (Å²) in [5, 5.41) is 3.46. The maximum absolute atomic E-state index is 12.5. The first-order valence-corrected chi connectivity index (χ1v) is 7.67. The number of hydrogen-bond donors (Lipinski definition) is 2. The number of hydrogen-bond acceptors (Lipinski definition) is 5. The van der Waals surface area contributed by atoms with Gasteiger partial charge < -0.3 is 15.6 Å². The van der Waals surface area contributed by atoms with Gasteiger partial charge in [0, 0.05) is 42.0 Å². The Bertz CT molecular complexity index is 783. The molecule has 0 radical (unpaired) electrons. The summed E-state index contributed by atoms with van der Waals surface area (Å²) in [5.74, 6) is 1.21. The molecule has 4 heterocycles. The Kier molecular flexibility index (Phi) is 4.12. The van der Waals surface area contributed by atoms with E-state index in [9.17, 15) is 4.79 Å². The molecule has 6 nitrogen and oxygen atoms in total. The number of nitrogens with two attached hydrogens (primary N) is 1. The molecular weight excluding hydrogens is 314 g/mol. The van der Waals surface area contributed by atoms with E-state index in [1.54, 1.807) is 6.07 Å². The molecule has 4 rings (SSSR count). The van der Waals surface area contributed by atoms with Crippen LogP contribution in [0.4, 0.5) is 5.95 Å². The monoisotopic (exact) mass is 333 g/mol. The molecule has 0 unspecified atom stereocenters. The Hall–Kier alpha value is -1.92. The van der Waals surface area contributed by atoms with Crippen LogP contribution in [0.3, 0.4) is 0 Å². The molecule has 1 saturated heterocycles. The Morgan fingerprint density at radius 3 is 2.87 bits per heavy atom. The number of nitrogen functional groups attached to an aromatic ring is 1. The topological polar surface area (TPSA) is 85.8 Å². The predicted octanol–water partition coefficient (Wildman–Crippen LogP) is 1.32. The van der Waals surface area contributed by atoms with Crippen molar-refractivity contribution in [1.82, 2.24) is 19.9 Å². The summed E-state index contributed by atoms with van der Waals surface area (Å²) >= 11 is 0. The van der Waals surface area contributed by atoms with Crippen LogP contribution in [-0.2, 0) is 6.54 Å². The smallest absolute Gasteiger partial charge is 0.251 e. The van der Waals surface area contributed by atoms with Crippen molar-refractivity contribution in [1.29, 1.82) is 0 Å². The van der Waals surface area contributed by atoms with Gasteiger partial charge in [0.25, 0.3) is 5.56 Å². The molecular formula is C16H20ClN5O. The fourth-order valence-electron chi connectivity index (χ4n) is 3.69. The van der Waals surface area contributed by atoms with Crippen LogP contribution in [0.25, 0.3) is 11.3 Å². The minimum atomic E-state index is 0. The molecule has 3 N–H and O–H groups in total. The first kappa shape index (κ1) is 16.0. The van der Waals surface area contributed by atoms with E-state index in [4.69, 9.17) is 5.73 Å². The van der Waals surface area contributed by atoms with Crippen molar-refractivity contribution in [2.75, 3.05) is 18.8 Å². The number of fused-ring (bicyclic) bond motifs is 4. The van der Waals surface area contributed by atoms with Gasteiger partial charge >= 0.3 is 0 Å². The van der Waals surface area contributed by atoms with Crippen molar-refractivity contribution in [2.45, 2.75) is 25.8 Å². The zero-order valence-electron chi connectivity index (χ0n) is 13.0. The van der Waals surface area contributed by atoms with Crippen LogP contribution < -0.4 is 16.6 Å². The Morgan fingerprint density at radius 2 is 2.09 bits per heavy atom. The first-order chi connectivity index (χ1) is 10.6. The van der Waals surface area contributed by atoms with Gasteiger partial charge in [-0.3, -0.25) is 4.79 Å². The Balaban J connectivity index is 0.00000156. The van der Waals surface area contributed by atoms with Gasteiger partial charge in [-0.15, -0.1) is 12.4 Å². The Labute approximate surface area is 140 Å². The highest BCUT2D eigenvalue weighted by Gasteiger charge is 2.31. The molecule has 0 spiro atoms. The van der Waals surface area contributed by atoms with E-state index < -0.39 is 0 Å². The van der Waals surface area contributed by atoms with E-state index >= 15 is 0 Å². The van der Waals surface area contributed by atoms with Crippen molar-refractivity contribution in [3.63, 3.8) is 0 Å². The van der Waals surface area contributed by atoms with Crippen LogP contribution in [0.1, 0.15) is 23.7 Å². The van der Waals surface area contributed by atoms with E-state index in [1.165, 1.54) is 0 Å². The van der Waals surface area contributed by atoms with Crippen molar-refractivity contribution in [3.05, 3.63) is 39.9 Å². The van der Waals surface area contributed by atoms with Crippen molar-refractivity contribution in [3.8, 4) is 11.3 Å². The first-order valence-electron chi connectivity index (χ1n) is 7.67. The summed E-state index contributed by atoms with van der Waals surface area (Å²) in [5.41, 5.74) is 9.26. The van der Waals surface area contributed by atoms with Gasteiger partial charge in [0.15, 0.2) is 0 Å². The average molecular weight is 334 g/mol. The van der Waals surface area contributed by atoms with Gasteiger partial charge in [-0.2, -0.15) is 0 Å². The number of aryl methyl sites for hydroxylation is 1. The minimum Gasteiger partial charge on any atom is -0.368 e. The second-order valence-corrected chi connectivity index (χ2v) is 6.33. The van der Waals surface area contributed by atoms with Gasteiger partial charge in [0.05, 0.1) is 5.69 Å². The quantitative estimate of drug-likeness (QED) is 0.822. The number of rotatable bonds is 1. The molecule has 2 bridgehead atoms. The van der Waals surface area contributed by atoms with Crippen molar-refractivity contribution < 1.29 is 0 Å². The van der Waals surface area contributed by atoms with Gasteiger partial charge in [0.1, 0.15) is 0 Å². The fraction of sp³-hybridized carbons (Fsp3) is 0.438. The van der Waals surface area contributed by atoms with E-state index in [0.29, 0.717) is 11.8 Å². The molecule has 0 aromatic carbocycles. The SMILES string of the molecule is Cc1cc(-c2cc3n(c(=O)c2)C[C@@H]2CNC[C@H]3C2)nc(N)n1.Cl. The van der Waals surface area contributed by atoms with Crippen LogP contribution in [-0.4, -0.2) is 27.6 Å². The summed E-state index contributed by atoms with van der Waals surface area (Å²) in [7, 11) is 0. The predicted molar refractivity (Wildman–Crippen MR) is 91.8 cm³/mol. The van der Waals surface area contributed by atoms with Gasteiger partial charge in [-0.25, -0.2) is 9.97 Å². The molecule has 0 aliphatic carbocycles. The second-order valence-electron chi connectivity index (χ2n) is 6.33. The number of pyridine rings is 1. The summed E-state index contributed by atoms with van der Waals surface area (Å²) in [6, 6.07) is 5.63. The third-order valence-corrected chi connectivity index (χ3v) is 4.63. The lowest BCUT2D eigenvalue weighted by Gasteiger charge is -2.37. The zero-order valence-corrected chi connectivity index (χ0v) is 13.8. The Morgan fingerprint density at radius 1 is 1.26 bits per heavy atom. The van der Waals surface area contributed by atoms with E-state index in [-0.39, 0.29) is 23.9 Å². The van der Waals surface area contributed by atoms with Gasteiger partial charge in [-0.05, 0) is 37.9 Å². The van der Waals surface area contributed by atoms with Crippen LogP contribution in [0, 0.1) is 12.8 Å². The third-order valence-electron chi connectivity index (χ3n) is 4.63. The molecule has 1 fully saturated rings. The minimum absolute atomic E-state index is 0. The third kappa shape index (κ3) is 2.84. The number of aromatic nitrogens is 3. The normalized spacial score (nSPS) is 22.1. The summed E-state index contributed by atoms with van der Waals surface area (Å²) in [6.45, 7) is 4.63. The van der Waals surface area contributed by atoms with Gasteiger partial charge in [0.2, 0.25) is 5.95 Å². The van der Waals surface area contributed by atoms with Gasteiger partial charge in [-0.1, -0.05) is 0 Å². The summed E-state index contributed by atoms with van der Waals surface area (Å²) < 4.78 is 1.93. The van der Waals surface area contributed by atoms with Crippen LogP contribution in [0.2, 0.25) is 0 Å². The standard InChI is InChI=1S/C16H19N5O.ClH/c1-9-2-13(20-16(17)19-9)11-4-14-12-3-10(6-18-7-12)8-21(14)15(22)5-11;/h2,4-5,10,12,18H,3,6-8H2,1H3,(H2,17,19,20);1H/t10-,12+;/m0./s1. The molecule has 0 amide bonds. The second kappa shape index (κ2) is 5.94. The van der Waals surface area contributed by atoms with Crippen molar-refractivity contribution >= 4 is 18.4 Å². The van der Waals surface area contributed by atoms with Crippen LogP contribution in [0.15, 0.2) is 23.0 Å². The number of anilines is 1. The maximum atomic E-state index is 12.5. The number of halogens is 1. The largest absolute Gasteiger partial charge is 0.368 e. The lowest BCUT2D eigenvalue weighted by atomic mass is 9.83. The van der Waals surface area contributed by atoms with E-state index in [2.05, 4.69) is 21.4 Å². The number of nitrogens with one attached hydrogen (secondary N) is 1. The summed E-state index contributed by atoms with van der Waals surface area (Å²) in [4.78, 5) is 20.9. The molecule has 2 aromatic heterocycles. The lowest BCUT2D eigenvalue weighted by Crippen LogP contribution is -2.44. The fourth-order valence-corrected chi connectivity index (χ4v) is 3.69. The zero-order chi connectivity index (χ0) is 15.3. The molecule has 2 aliphatic heterocycles. The highest BCUT2D eigenvalue weighted by molar-refractivity contribution is 5.85. The molecule has 7 heteroatoms. The van der Waals surface area contributed by atoms with E-state index in [0.717, 1.165) is 48.7 Å². The van der Waals surface area contributed by atoms with Crippen molar-refractivity contribution in [2.24, 2.45) is 5.92 Å².